The van der Waals surface area contributed by atoms with E-state index in [0.29, 0.717) is 0 Å². The zero-order valence-electron chi connectivity index (χ0n) is 18.9. The summed E-state index contributed by atoms with van der Waals surface area (Å²) in [6, 6.07) is 27.7. The highest BCUT2D eigenvalue weighted by Gasteiger charge is 2.61. The number of nitrogens with one attached hydrogen (secondary N) is 1. The van der Waals surface area contributed by atoms with E-state index in [1.807, 2.05) is 91.0 Å². The van der Waals surface area contributed by atoms with Gasteiger partial charge in [0.05, 0.1) is 6.04 Å². The van der Waals surface area contributed by atoms with Crippen molar-refractivity contribution in [2.24, 2.45) is 0 Å². The second kappa shape index (κ2) is 8.78. The molecule has 6 nitrogen and oxygen atoms in total. The SMILES string of the molecule is C[C@H](c1ccccc1)N1C(=O)O[C@](Cc2ccccc2)(C(=O)N[C@@H]2C[C@H]2c2ccccc2)C1=O. The van der Waals surface area contributed by atoms with Gasteiger partial charge in [-0.3, -0.25) is 9.59 Å². The van der Waals surface area contributed by atoms with Crippen LogP contribution in [0.5, 0.6) is 0 Å². The van der Waals surface area contributed by atoms with E-state index in [1.165, 1.54) is 0 Å². The van der Waals surface area contributed by atoms with Crippen molar-refractivity contribution in [1.29, 1.82) is 0 Å². The highest BCUT2D eigenvalue weighted by Crippen LogP contribution is 2.42. The molecule has 34 heavy (non-hydrogen) atoms. The van der Waals surface area contributed by atoms with Crippen LogP contribution in [0.25, 0.3) is 0 Å². The normalized spacial score (nSPS) is 24.4. The predicted molar refractivity (Wildman–Crippen MR) is 127 cm³/mol. The molecule has 4 atom stereocenters. The molecular weight excluding hydrogens is 428 g/mol. The number of benzene rings is 3. The van der Waals surface area contributed by atoms with E-state index in [-0.39, 0.29) is 18.4 Å². The summed E-state index contributed by atoms with van der Waals surface area (Å²) >= 11 is 0. The summed E-state index contributed by atoms with van der Waals surface area (Å²) in [5.41, 5.74) is 0.725. The number of imide groups is 1. The number of carbonyl (C=O) groups excluding carboxylic acids is 3. The molecule has 1 heterocycles. The molecule has 1 saturated carbocycles. The summed E-state index contributed by atoms with van der Waals surface area (Å²) in [6.07, 6.45) is -0.0446. The second-order valence-electron chi connectivity index (χ2n) is 8.95. The third kappa shape index (κ3) is 3.96. The maximum absolute atomic E-state index is 13.8. The highest BCUT2D eigenvalue weighted by molar-refractivity contribution is 6.17. The minimum atomic E-state index is -1.94. The molecule has 0 radical (unpaired) electrons. The largest absolute Gasteiger partial charge is 0.422 e. The van der Waals surface area contributed by atoms with Crippen LogP contribution in [0.2, 0.25) is 0 Å². The predicted octanol–water partition coefficient (Wildman–Crippen LogP) is 4.38. The lowest BCUT2D eigenvalue weighted by Crippen LogP contribution is -2.55. The number of hydrogen-bond donors (Lipinski definition) is 1. The Balaban J connectivity index is 1.43. The topological polar surface area (TPSA) is 75.7 Å². The Bertz CT molecular complexity index is 1200. The van der Waals surface area contributed by atoms with Crippen LogP contribution in [0.4, 0.5) is 4.79 Å². The zero-order chi connectivity index (χ0) is 23.7. The molecule has 0 spiro atoms. The van der Waals surface area contributed by atoms with Crippen molar-refractivity contribution in [3.63, 3.8) is 0 Å². The van der Waals surface area contributed by atoms with Crippen molar-refractivity contribution in [2.45, 2.75) is 43.4 Å². The summed E-state index contributed by atoms with van der Waals surface area (Å²) in [5.74, 6) is -1.02. The van der Waals surface area contributed by atoms with Crippen LogP contribution in [0.15, 0.2) is 91.0 Å². The number of rotatable bonds is 7. The number of nitrogens with zero attached hydrogens (tertiary/aromatic N) is 1. The first-order valence-electron chi connectivity index (χ1n) is 11.5. The van der Waals surface area contributed by atoms with Gasteiger partial charge >= 0.3 is 6.09 Å². The van der Waals surface area contributed by atoms with Gasteiger partial charge in [-0.15, -0.1) is 0 Å². The van der Waals surface area contributed by atoms with E-state index in [1.54, 1.807) is 6.92 Å². The average Bonchev–Trinajstić information content (AvgIpc) is 3.58. The lowest BCUT2D eigenvalue weighted by molar-refractivity contribution is -0.150. The van der Waals surface area contributed by atoms with Crippen LogP contribution in [0.3, 0.4) is 0 Å². The Hall–Kier alpha value is -3.93. The Kier molecular flexibility index (Phi) is 5.65. The van der Waals surface area contributed by atoms with Gasteiger partial charge in [0.15, 0.2) is 0 Å². The molecule has 1 aliphatic heterocycles. The first-order valence-corrected chi connectivity index (χ1v) is 11.5. The molecule has 1 aliphatic carbocycles. The zero-order valence-corrected chi connectivity index (χ0v) is 18.9. The number of carbonyl (C=O) groups is 3. The maximum Gasteiger partial charge on any atom is 0.418 e. The molecule has 2 fully saturated rings. The quantitative estimate of drug-likeness (QED) is 0.538. The minimum absolute atomic E-state index is 0.0228. The third-order valence-corrected chi connectivity index (χ3v) is 6.69. The van der Waals surface area contributed by atoms with Crippen molar-refractivity contribution >= 4 is 17.9 Å². The van der Waals surface area contributed by atoms with Crippen LogP contribution in [0.1, 0.15) is 42.0 Å². The Labute approximate surface area is 198 Å². The molecule has 0 unspecified atom stereocenters. The van der Waals surface area contributed by atoms with Gasteiger partial charge in [0.25, 0.3) is 17.4 Å². The van der Waals surface area contributed by atoms with Crippen molar-refractivity contribution in [1.82, 2.24) is 10.2 Å². The number of cyclic esters (lactones) is 1. The average molecular weight is 455 g/mol. The lowest BCUT2D eigenvalue weighted by Gasteiger charge is -2.26. The molecule has 5 rings (SSSR count). The molecular formula is C28H26N2O4. The number of amides is 3. The molecule has 2 aliphatic rings. The first-order chi connectivity index (χ1) is 16.5. The molecule has 0 aromatic heterocycles. The van der Waals surface area contributed by atoms with Crippen molar-refractivity contribution in [2.75, 3.05) is 0 Å². The first kappa shape index (κ1) is 21.9. The van der Waals surface area contributed by atoms with Crippen LogP contribution < -0.4 is 5.32 Å². The number of hydrogen-bond acceptors (Lipinski definition) is 4. The molecule has 3 amide bonds. The molecule has 3 aromatic carbocycles. The van der Waals surface area contributed by atoms with Gasteiger partial charge in [-0.2, -0.15) is 0 Å². The molecule has 1 saturated heterocycles. The van der Waals surface area contributed by atoms with Crippen LogP contribution in [0, 0.1) is 0 Å². The van der Waals surface area contributed by atoms with Gasteiger partial charge in [0.2, 0.25) is 0 Å². The van der Waals surface area contributed by atoms with Gasteiger partial charge in [-0.1, -0.05) is 91.0 Å². The highest BCUT2D eigenvalue weighted by atomic mass is 16.6. The molecule has 6 heteroatoms. The fourth-order valence-corrected chi connectivity index (χ4v) is 4.66. The summed E-state index contributed by atoms with van der Waals surface area (Å²) < 4.78 is 5.68. The smallest absolute Gasteiger partial charge is 0.418 e. The van der Waals surface area contributed by atoms with E-state index in [9.17, 15) is 14.4 Å². The summed E-state index contributed by atoms with van der Waals surface area (Å²) in [6.45, 7) is 1.76. The molecule has 3 aromatic rings. The molecule has 172 valence electrons. The molecule has 1 N–H and O–H groups in total. The Morgan fingerprint density at radius 2 is 1.56 bits per heavy atom. The van der Waals surface area contributed by atoms with Crippen molar-refractivity contribution in [3.05, 3.63) is 108 Å². The number of ether oxygens (including phenoxy) is 1. The van der Waals surface area contributed by atoms with Crippen molar-refractivity contribution in [3.8, 4) is 0 Å². The van der Waals surface area contributed by atoms with Gasteiger partial charge in [0, 0.05) is 18.4 Å². The maximum atomic E-state index is 13.8. The van der Waals surface area contributed by atoms with Crippen LogP contribution >= 0.6 is 0 Å². The fraction of sp³-hybridized carbons (Fsp3) is 0.250. The van der Waals surface area contributed by atoms with E-state index in [0.717, 1.165) is 28.0 Å². The van der Waals surface area contributed by atoms with Crippen LogP contribution in [-0.2, 0) is 20.7 Å². The monoisotopic (exact) mass is 454 g/mol. The summed E-state index contributed by atoms with van der Waals surface area (Å²) in [5, 5.41) is 2.99. The second-order valence-corrected chi connectivity index (χ2v) is 8.95. The van der Waals surface area contributed by atoms with E-state index >= 15 is 0 Å². The third-order valence-electron chi connectivity index (χ3n) is 6.69. The van der Waals surface area contributed by atoms with Crippen molar-refractivity contribution < 1.29 is 19.1 Å². The standard InChI is InChI=1S/C28H26N2O4/c1-19(21-13-7-3-8-14-21)30-26(32)28(34-27(30)33,18-20-11-5-2-6-12-20)25(31)29-24-17-23(24)22-15-9-4-10-16-22/h2-16,19,23-24H,17-18H2,1H3,(H,29,31)/t19-,23+,24-,28-/m1/s1. The summed E-state index contributed by atoms with van der Waals surface area (Å²) in [4.78, 5) is 41.5. The van der Waals surface area contributed by atoms with Gasteiger partial charge in [-0.05, 0) is 30.0 Å². The van der Waals surface area contributed by atoms with Crippen LogP contribution in [-0.4, -0.2) is 34.5 Å². The lowest BCUT2D eigenvalue weighted by atomic mass is 9.91. The van der Waals surface area contributed by atoms with E-state index < -0.39 is 29.6 Å². The Morgan fingerprint density at radius 3 is 2.21 bits per heavy atom. The fourth-order valence-electron chi connectivity index (χ4n) is 4.66. The van der Waals surface area contributed by atoms with E-state index in [2.05, 4.69) is 5.32 Å². The van der Waals surface area contributed by atoms with Gasteiger partial charge in [-0.25, -0.2) is 9.69 Å². The van der Waals surface area contributed by atoms with Gasteiger partial charge in [0.1, 0.15) is 0 Å². The minimum Gasteiger partial charge on any atom is -0.422 e. The van der Waals surface area contributed by atoms with Gasteiger partial charge < -0.3 is 10.1 Å². The summed E-state index contributed by atoms with van der Waals surface area (Å²) in [7, 11) is 0. The molecule has 0 bridgehead atoms. The van der Waals surface area contributed by atoms with E-state index in [4.69, 9.17) is 4.74 Å². The Morgan fingerprint density at radius 1 is 0.971 bits per heavy atom.